The van der Waals surface area contributed by atoms with Gasteiger partial charge >= 0.3 is 0 Å². The number of aromatic nitrogens is 5. The van der Waals surface area contributed by atoms with Gasteiger partial charge in [-0.05, 0) is 24.3 Å². The average molecular weight is 306 g/mol. The van der Waals surface area contributed by atoms with Crippen molar-refractivity contribution in [3.8, 4) is 11.5 Å². The Morgan fingerprint density at radius 2 is 2.05 bits per heavy atom. The number of nitrogens with zero attached hydrogens (tertiary/aromatic N) is 5. The van der Waals surface area contributed by atoms with E-state index < -0.39 is 0 Å². The Hall–Kier alpha value is -2.42. The van der Waals surface area contributed by atoms with E-state index in [4.69, 9.17) is 10.3 Å². The van der Waals surface area contributed by atoms with Gasteiger partial charge in [-0.25, -0.2) is 4.39 Å². The van der Waals surface area contributed by atoms with Crippen molar-refractivity contribution < 1.29 is 8.91 Å². The second-order valence-corrected chi connectivity index (χ2v) is 5.15. The van der Waals surface area contributed by atoms with Crippen molar-refractivity contribution in [3.05, 3.63) is 35.9 Å². The van der Waals surface area contributed by atoms with Crippen LogP contribution < -0.4 is 5.73 Å². The Labute approximate surface area is 123 Å². The zero-order valence-electron chi connectivity index (χ0n) is 11.0. The molecule has 0 unspecified atom stereocenters. The molecule has 108 valence electrons. The standard InChI is InChI=1S/C12H11FN6OS/c1-19-11(14)16-17-12(19)21-6-9-15-10(20-18-9)7-2-4-8(13)5-3-7/h2-5H,6H2,1H3,(H2,14,16). The van der Waals surface area contributed by atoms with Gasteiger partial charge in [-0.2, -0.15) is 4.98 Å². The van der Waals surface area contributed by atoms with E-state index in [0.717, 1.165) is 0 Å². The molecule has 0 saturated heterocycles. The molecule has 0 aliphatic rings. The lowest BCUT2D eigenvalue weighted by Crippen LogP contribution is -1.98. The maximum atomic E-state index is 12.9. The number of hydrogen-bond donors (Lipinski definition) is 1. The summed E-state index contributed by atoms with van der Waals surface area (Å²) in [6.07, 6.45) is 0. The van der Waals surface area contributed by atoms with Gasteiger partial charge in [-0.15, -0.1) is 10.2 Å². The van der Waals surface area contributed by atoms with Gasteiger partial charge in [0.15, 0.2) is 11.0 Å². The highest BCUT2D eigenvalue weighted by Crippen LogP contribution is 2.22. The molecular formula is C12H11FN6OS. The summed E-state index contributed by atoms with van der Waals surface area (Å²) in [7, 11) is 1.78. The zero-order chi connectivity index (χ0) is 14.8. The Bertz CT molecular complexity index is 753. The van der Waals surface area contributed by atoms with Crippen LogP contribution in [0.3, 0.4) is 0 Å². The van der Waals surface area contributed by atoms with Crippen LogP contribution >= 0.6 is 11.8 Å². The highest BCUT2D eigenvalue weighted by atomic mass is 32.2. The molecule has 2 N–H and O–H groups in total. The molecule has 0 aliphatic carbocycles. The number of nitrogens with two attached hydrogens (primary N) is 1. The topological polar surface area (TPSA) is 95.7 Å². The van der Waals surface area contributed by atoms with Crippen molar-refractivity contribution >= 4 is 17.7 Å². The van der Waals surface area contributed by atoms with Crippen molar-refractivity contribution in [2.24, 2.45) is 7.05 Å². The number of rotatable bonds is 4. The molecular weight excluding hydrogens is 295 g/mol. The van der Waals surface area contributed by atoms with E-state index in [9.17, 15) is 4.39 Å². The predicted octanol–water partition coefficient (Wildman–Crippen LogP) is 1.88. The van der Waals surface area contributed by atoms with Gasteiger partial charge in [0, 0.05) is 12.6 Å². The van der Waals surface area contributed by atoms with Gasteiger partial charge in [0.2, 0.25) is 5.95 Å². The number of nitrogen functional groups attached to an aromatic ring is 1. The minimum Gasteiger partial charge on any atom is -0.368 e. The molecule has 1 aromatic carbocycles. The fraction of sp³-hybridized carbons (Fsp3) is 0.167. The minimum atomic E-state index is -0.311. The summed E-state index contributed by atoms with van der Waals surface area (Å²) in [5, 5.41) is 12.2. The van der Waals surface area contributed by atoms with Crippen LogP contribution in [0.1, 0.15) is 5.82 Å². The number of anilines is 1. The molecule has 0 fully saturated rings. The average Bonchev–Trinajstić information content (AvgIpc) is 3.07. The minimum absolute atomic E-state index is 0.311. The maximum absolute atomic E-state index is 12.9. The first-order valence-electron chi connectivity index (χ1n) is 5.99. The third-order valence-electron chi connectivity index (χ3n) is 2.76. The van der Waals surface area contributed by atoms with Crippen LogP contribution in [-0.4, -0.2) is 24.9 Å². The van der Waals surface area contributed by atoms with Crippen LogP contribution in [-0.2, 0) is 12.8 Å². The van der Waals surface area contributed by atoms with Crippen molar-refractivity contribution in [1.29, 1.82) is 0 Å². The van der Waals surface area contributed by atoms with Gasteiger partial charge in [-0.1, -0.05) is 16.9 Å². The predicted molar refractivity (Wildman–Crippen MR) is 74.7 cm³/mol. The van der Waals surface area contributed by atoms with Gasteiger partial charge in [0.05, 0.1) is 5.75 Å². The summed E-state index contributed by atoms with van der Waals surface area (Å²) in [6, 6.07) is 5.86. The van der Waals surface area contributed by atoms with Crippen LogP contribution in [0.15, 0.2) is 33.9 Å². The Balaban J connectivity index is 1.70. The van der Waals surface area contributed by atoms with Crippen molar-refractivity contribution in [2.75, 3.05) is 5.73 Å². The molecule has 2 heterocycles. The molecule has 7 nitrogen and oxygen atoms in total. The van der Waals surface area contributed by atoms with E-state index in [0.29, 0.717) is 34.1 Å². The molecule has 0 saturated carbocycles. The van der Waals surface area contributed by atoms with Gasteiger partial charge < -0.3 is 10.3 Å². The van der Waals surface area contributed by atoms with E-state index >= 15 is 0 Å². The van der Waals surface area contributed by atoms with E-state index in [1.54, 1.807) is 23.7 Å². The second-order valence-electron chi connectivity index (χ2n) is 4.21. The lowest BCUT2D eigenvalue weighted by molar-refractivity contribution is 0.425. The summed E-state index contributed by atoms with van der Waals surface area (Å²) in [4.78, 5) is 4.25. The molecule has 0 bridgehead atoms. The van der Waals surface area contributed by atoms with E-state index in [2.05, 4.69) is 20.3 Å². The summed E-state index contributed by atoms with van der Waals surface area (Å²) in [5.41, 5.74) is 6.27. The first kappa shape index (κ1) is 13.6. The number of thioether (sulfide) groups is 1. The molecule has 0 radical (unpaired) electrons. The highest BCUT2D eigenvalue weighted by Gasteiger charge is 2.12. The SMILES string of the molecule is Cn1c(N)nnc1SCc1noc(-c2ccc(F)cc2)n1. The molecule has 0 aliphatic heterocycles. The molecule has 3 rings (SSSR count). The molecule has 0 spiro atoms. The Morgan fingerprint density at radius 3 is 2.71 bits per heavy atom. The molecule has 21 heavy (non-hydrogen) atoms. The fourth-order valence-electron chi connectivity index (χ4n) is 1.60. The van der Waals surface area contributed by atoms with E-state index in [1.807, 2.05) is 0 Å². The van der Waals surface area contributed by atoms with Crippen LogP contribution in [0.2, 0.25) is 0 Å². The lowest BCUT2D eigenvalue weighted by atomic mass is 10.2. The molecule has 2 aromatic heterocycles. The Morgan fingerprint density at radius 1 is 1.29 bits per heavy atom. The molecule has 0 atom stereocenters. The van der Waals surface area contributed by atoms with Crippen LogP contribution in [0.5, 0.6) is 0 Å². The van der Waals surface area contributed by atoms with Crippen molar-refractivity contribution in [2.45, 2.75) is 10.9 Å². The van der Waals surface area contributed by atoms with Gasteiger partial charge in [0.25, 0.3) is 5.89 Å². The highest BCUT2D eigenvalue weighted by molar-refractivity contribution is 7.98. The van der Waals surface area contributed by atoms with Crippen molar-refractivity contribution in [1.82, 2.24) is 24.9 Å². The number of halogens is 1. The van der Waals surface area contributed by atoms with Gasteiger partial charge in [-0.3, -0.25) is 4.57 Å². The first-order valence-corrected chi connectivity index (χ1v) is 6.98. The summed E-state index contributed by atoms with van der Waals surface area (Å²) in [6.45, 7) is 0. The Kier molecular flexibility index (Phi) is 3.57. The lowest BCUT2D eigenvalue weighted by Gasteiger charge is -1.97. The summed E-state index contributed by atoms with van der Waals surface area (Å²) >= 11 is 1.40. The van der Waals surface area contributed by atoms with Crippen LogP contribution in [0.25, 0.3) is 11.5 Å². The smallest absolute Gasteiger partial charge is 0.257 e. The van der Waals surface area contributed by atoms with Crippen LogP contribution in [0.4, 0.5) is 10.3 Å². The maximum Gasteiger partial charge on any atom is 0.257 e. The zero-order valence-corrected chi connectivity index (χ0v) is 11.8. The quantitative estimate of drug-likeness (QED) is 0.735. The van der Waals surface area contributed by atoms with Crippen LogP contribution in [0, 0.1) is 5.82 Å². The third-order valence-corrected chi connectivity index (χ3v) is 3.77. The summed E-state index contributed by atoms with van der Waals surface area (Å²) < 4.78 is 19.7. The van der Waals surface area contributed by atoms with Crippen molar-refractivity contribution in [3.63, 3.8) is 0 Å². The largest absolute Gasteiger partial charge is 0.368 e. The normalized spacial score (nSPS) is 11.0. The summed E-state index contributed by atoms with van der Waals surface area (Å²) in [5.74, 6) is 1.37. The van der Waals surface area contributed by atoms with E-state index in [-0.39, 0.29) is 5.82 Å². The second kappa shape index (κ2) is 5.52. The fourth-order valence-corrected chi connectivity index (χ4v) is 2.36. The monoisotopic (exact) mass is 306 g/mol. The van der Waals surface area contributed by atoms with Gasteiger partial charge in [0.1, 0.15) is 5.82 Å². The third kappa shape index (κ3) is 2.87. The molecule has 0 amide bonds. The number of benzene rings is 1. The van der Waals surface area contributed by atoms with E-state index in [1.165, 1.54) is 23.9 Å². The molecule has 3 aromatic rings. The molecule has 9 heteroatoms. The number of hydrogen-bond acceptors (Lipinski definition) is 7. The first-order chi connectivity index (χ1) is 10.1.